The van der Waals surface area contributed by atoms with Crippen LogP contribution in [0.2, 0.25) is 0 Å². The van der Waals surface area contributed by atoms with Gasteiger partial charge in [0, 0.05) is 19.6 Å². The lowest BCUT2D eigenvalue weighted by Gasteiger charge is -2.34. The Morgan fingerprint density at radius 2 is 1.80 bits per heavy atom. The normalized spacial score (nSPS) is 15.8. The number of carbonyl (C=O) groups is 2. The van der Waals surface area contributed by atoms with Crippen LogP contribution in [0.1, 0.15) is 64.5 Å². The Kier molecular flexibility index (Phi) is 11.7. The largest absolute Gasteiger partial charge is 0.491 e. The van der Waals surface area contributed by atoms with E-state index in [2.05, 4.69) is 13.0 Å². The maximum atomic E-state index is 13.4. The molecule has 1 unspecified atom stereocenters. The summed E-state index contributed by atoms with van der Waals surface area (Å²) in [5, 5.41) is 10.9. The van der Waals surface area contributed by atoms with Gasteiger partial charge in [0.2, 0.25) is 0 Å². The fraction of sp³-hybridized carbons (Fsp3) is 0.562. The van der Waals surface area contributed by atoms with Crippen molar-refractivity contribution >= 4 is 12.0 Å². The van der Waals surface area contributed by atoms with Gasteiger partial charge in [-0.25, -0.2) is 4.79 Å². The lowest BCUT2D eigenvalue weighted by molar-refractivity contribution is -0.132. The summed E-state index contributed by atoms with van der Waals surface area (Å²) in [7, 11) is 1.80. The van der Waals surface area contributed by atoms with Gasteiger partial charge in [0.1, 0.15) is 29.8 Å². The highest BCUT2D eigenvalue weighted by Crippen LogP contribution is 2.28. The van der Waals surface area contributed by atoms with Crippen LogP contribution in [0, 0.1) is 0 Å². The minimum atomic E-state index is -0.888. The SMILES string of the molecule is CCCCN(C)C(=O)COc1ccc2c(c1)CC(N(C[C@H](O)COc1ccccc1)C(=O)OC(C)(C)C)CCC2. The minimum absolute atomic E-state index is 0.0138. The number of amides is 2. The Labute approximate surface area is 239 Å². The van der Waals surface area contributed by atoms with Crippen molar-refractivity contribution in [2.45, 2.75) is 84.0 Å². The number of benzene rings is 2. The molecule has 40 heavy (non-hydrogen) atoms. The highest BCUT2D eigenvalue weighted by Gasteiger charge is 2.32. The summed E-state index contributed by atoms with van der Waals surface area (Å²) >= 11 is 0. The predicted molar refractivity (Wildman–Crippen MR) is 156 cm³/mol. The van der Waals surface area contributed by atoms with Crippen molar-refractivity contribution in [2.75, 3.05) is 33.4 Å². The van der Waals surface area contributed by atoms with E-state index in [1.54, 1.807) is 16.8 Å². The molecule has 1 aliphatic carbocycles. The Balaban J connectivity index is 1.71. The molecule has 0 aromatic heterocycles. The Hall–Kier alpha value is -3.26. The van der Waals surface area contributed by atoms with E-state index >= 15 is 0 Å². The number of nitrogens with zero attached hydrogens (tertiary/aromatic N) is 2. The molecule has 0 fully saturated rings. The second-order valence-electron chi connectivity index (χ2n) is 11.5. The first-order valence-corrected chi connectivity index (χ1v) is 14.4. The van der Waals surface area contributed by atoms with Crippen molar-refractivity contribution < 1.29 is 28.9 Å². The number of hydrogen-bond donors (Lipinski definition) is 1. The molecule has 8 nitrogen and oxygen atoms in total. The zero-order valence-corrected chi connectivity index (χ0v) is 24.7. The number of para-hydroxylation sites is 1. The van der Waals surface area contributed by atoms with Crippen molar-refractivity contribution in [1.82, 2.24) is 9.80 Å². The number of hydrogen-bond acceptors (Lipinski definition) is 6. The highest BCUT2D eigenvalue weighted by atomic mass is 16.6. The summed E-state index contributed by atoms with van der Waals surface area (Å²) in [4.78, 5) is 29.2. The fourth-order valence-electron chi connectivity index (χ4n) is 4.73. The number of aliphatic hydroxyl groups excluding tert-OH is 1. The predicted octanol–water partition coefficient (Wildman–Crippen LogP) is 5.25. The van der Waals surface area contributed by atoms with Gasteiger partial charge in [0.25, 0.3) is 5.91 Å². The minimum Gasteiger partial charge on any atom is -0.491 e. The molecule has 0 bridgehead atoms. The van der Waals surface area contributed by atoms with Gasteiger partial charge in [-0.1, -0.05) is 37.6 Å². The maximum absolute atomic E-state index is 13.4. The van der Waals surface area contributed by atoms with Gasteiger partial charge in [0.05, 0.1) is 6.54 Å². The van der Waals surface area contributed by atoms with Crippen molar-refractivity contribution in [1.29, 1.82) is 0 Å². The third-order valence-electron chi connectivity index (χ3n) is 6.91. The monoisotopic (exact) mass is 554 g/mol. The maximum Gasteiger partial charge on any atom is 0.410 e. The van der Waals surface area contributed by atoms with Crippen molar-refractivity contribution in [2.24, 2.45) is 0 Å². The summed E-state index contributed by atoms with van der Waals surface area (Å²) < 4.78 is 17.4. The van der Waals surface area contributed by atoms with Gasteiger partial charge in [0.15, 0.2) is 6.61 Å². The lowest BCUT2D eigenvalue weighted by atomic mass is 10.0. The molecular formula is C32H46N2O6. The van der Waals surface area contributed by atoms with Crippen LogP contribution < -0.4 is 9.47 Å². The lowest BCUT2D eigenvalue weighted by Crippen LogP contribution is -2.48. The van der Waals surface area contributed by atoms with Crippen LogP contribution in [-0.4, -0.2) is 78.0 Å². The number of rotatable bonds is 12. The number of fused-ring (bicyclic) bond motifs is 1. The number of likely N-dealkylation sites (N-methyl/N-ethyl adjacent to an activating group) is 1. The molecular weight excluding hydrogens is 508 g/mol. The molecule has 8 heteroatoms. The van der Waals surface area contributed by atoms with E-state index in [-0.39, 0.29) is 31.7 Å². The Morgan fingerprint density at radius 3 is 2.50 bits per heavy atom. The summed E-state index contributed by atoms with van der Waals surface area (Å²) in [6.07, 6.45) is 3.81. The average Bonchev–Trinajstić information content (AvgIpc) is 3.13. The van der Waals surface area contributed by atoms with Crippen LogP contribution in [0.25, 0.3) is 0 Å². The van der Waals surface area contributed by atoms with E-state index in [0.29, 0.717) is 24.5 Å². The number of ether oxygens (including phenoxy) is 3. The number of aliphatic hydroxyl groups is 1. The van der Waals surface area contributed by atoms with Gasteiger partial charge in [-0.3, -0.25) is 4.79 Å². The molecule has 2 atom stereocenters. The molecule has 3 rings (SSSR count). The molecule has 0 radical (unpaired) electrons. The molecule has 2 aromatic carbocycles. The highest BCUT2D eigenvalue weighted by molar-refractivity contribution is 5.77. The molecule has 2 aromatic rings. The van der Waals surface area contributed by atoms with E-state index in [1.807, 2.05) is 63.2 Å². The summed E-state index contributed by atoms with van der Waals surface area (Å²) in [6.45, 7) is 8.47. The van der Waals surface area contributed by atoms with Gasteiger partial charge in [-0.2, -0.15) is 0 Å². The van der Waals surface area contributed by atoms with E-state index in [1.165, 1.54) is 5.56 Å². The third-order valence-corrected chi connectivity index (χ3v) is 6.91. The molecule has 0 saturated heterocycles. The van der Waals surface area contributed by atoms with Crippen LogP contribution in [-0.2, 0) is 22.4 Å². The summed E-state index contributed by atoms with van der Waals surface area (Å²) in [6, 6.07) is 15.1. The first kappa shape index (κ1) is 31.3. The first-order valence-electron chi connectivity index (χ1n) is 14.4. The van der Waals surface area contributed by atoms with Crippen LogP contribution in [0.4, 0.5) is 4.79 Å². The van der Waals surface area contributed by atoms with Crippen molar-refractivity contribution in [3.05, 3.63) is 59.7 Å². The fourth-order valence-corrected chi connectivity index (χ4v) is 4.73. The molecule has 1 N–H and O–H groups in total. The number of aryl methyl sites for hydroxylation is 1. The van der Waals surface area contributed by atoms with Crippen molar-refractivity contribution in [3.8, 4) is 11.5 Å². The topological polar surface area (TPSA) is 88.5 Å². The Bertz CT molecular complexity index is 1080. The molecule has 1 aliphatic rings. The number of unbranched alkanes of at least 4 members (excludes halogenated alkanes) is 1. The number of carbonyl (C=O) groups excluding carboxylic acids is 2. The average molecular weight is 555 g/mol. The third kappa shape index (κ3) is 10.0. The standard InChI is InChI=1S/C32H46N2O6/c1-6-7-18-33(5)30(36)23-39-29-17-16-24-12-11-13-26(19-25(24)20-29)34(31(37)40-32(2,3)4)21-27(35)22-38-28-14-9-8-10-15-28/h8-10,14-17,20,26-27,35H,6-7,11-13,18-19,21-23H2,1-5H3/t26?,27-/m0/s1. The Morgan fingerprint density at radius 1 is 1.05 bits per heavy atom. The molecule has 0 spiro atoms. The van der Waals surface area contributed by atoms with E-state index in [9.17, 15) is 14.7 Å². The van der Waals surface area contributed by atoms with E-state index in [0.717, 1.165) is 37.7 Å². The molecule has 220 valence electrons. The van der Waals surface area contributed by atoms with Crippen LogP contribution >= 0.6 is 0 Å². The smallest absolute Gasteiger partial charge is 0.410 e. The zero-order chi connectivity index (χ0) is 29.1. The molecule has 0 aliphatic heterocycles. The quantitative estimate of drug-likeness (QED) is 0.361. The zero-order valence-electron chi connectivity index (χ0n) is 24.7. The summed E-state index contributed by atoms with van der Waals surface area (Å²) in [5.41, 5.74) is 1.62. The molecule has 0 heterocycles. The van der Waals surface area contributed by atoms with Crippen LogP contribution in [0.5, 0.6) is 11.5 Å². The van der Waals surface area contributed by atoms with Gasteiger partial charge >= 0.3 is 6.09 Å². The van der Waals surface area contributed by atoms with Gasteiger partial charge < -0.3 is 29.1 Å². The molecule has 2 amide bonds. The van der Waals surface area contributed by atoms with E-state index in [4.69, 9.17) is 14.2 Å². The van der Waals surface area contributed by atoms with Crippen LogP contribution in [0.3, 0.4) is 0 Å². The van der Waals surface area contributed by atoms with Crippen LogP contribution in [0.15, 0.2) is 48.5 Å². The first-order chi connectivity index (χ1) is 19.1. The second kappa shape index (κ2) is 14.9. The van der Waals surface area contributed by atoms with Gasteiger partial charge in [-0.15, -0.1) is 0 Å². The summed E-state index contributed by atoms with van der Waals surface area (Å²) in [5.74, 6) is 1.25. The van der Waals surface area contributed by atoms with Gasteiger partial charge in [-0.05, 0) is 88.3 Å². The second-order valence-corrected chi connectivity index (χ2v) is 11.5. The van der Waals surface area contributed by atoms with E-state index < -0.39 is 17.8 Å². The van der Waals surface area contributed by atoms with Crippen molar-refractivity contribution in [3.63, 3.8) is 0 Å². The molecule has 0 saturated carbocycles.